The average Bonchev–Trinajstić information content (AvgIpc) is 2.65. The second kappa shape index (κ2) is 16.2. The van der Waals surface area contributed by atoms with E-state index in [1.54, 1.807) is 0 Å². The van der Waals surface area contributed by atoms with Crippen molar-refractivity contribution in [3.05, 3.63) is 24.3 Å². The summed E-state index contributed by atoms with van der Waals surface area (Å²) in [5, 5.41) is 0. The Kier molecular flexibility index (Phi) is 14.3. The molecule has 1 unspecified atom stereocenters. The van der Waals surface area contributed by atoms with Crippen molar-refractivity contribution in [3.8, 4) is 11.5 Å². The van der Waals surface area contributed by atoms with Gasteiger partial charge in [-0.05, 0) is 37.1 Å². The molecule has 4 heteroatoms. The van der Waals surface area contributed by atoms with E-state index < -0.39 is 11.1 Å². The lowest BCUT2D eigenvalue weighted by Crippen LogP contribution is -2.05. The summed E-state index contributed by atoms with van der Waals surface area (Å²) in [5.74, 6) is 2.09. The first kappa shape index (κ1) is 23.0. The third-order valence-electron chi connectivity index (χ3n) is 4.44. The zero-order valence-electron chi connectivity index (χ0n) is 16.8. The van der Waals surface area contributed by atoms with Crippen LogP contribution in [0.2, 0.25) is 0 Å². The van der Waals surface area contributed by atoms with Crippen LogP contribution >= 0.6 is 0 Å². The summed E-state index contributed by atoms with van der Waals surface area (Å²) in [4.78, 5) is 0. The van der Waals surface area contributed by atoms with Crippen LogP contribution in [0, 0.1) is 0 Å². The summed E-state index contributed by atoms with van der Waals surface area (Å²) in [6, 6.07) is 7.45. The Balaban J connectivity index is 2.01. The topological polar surface area (TPSA) is 35.5 Å². The monoisotopic (exact) mass is 382 g/mol. The van der Waals surface area contributed by atoms with Crippen molar-refractivity contribution in [2.75, 3.05) is 12.4 Å². The van der Waals surface area contributed by atoms with Gasteiger partial charge in [-0.15, -0.1) is 0 Å². The lowest BCUT2D eigenvalue weighted by molar-refractivity contribution is 0.304. The van der Waals surface area contributed by atoms with E-state index >= 15 is 0 Å². The first-order valence-electron chi connectivity index (χ1n) is 10.6. The molecule has 150 valence electrons. The molecule has 0 amide bonds. The SMILES string of the molecule is CCCCCCCCCCCCOc1ccc(OS(=O)CCCC)cc1. The molecule has 3 nitrogen and oxygen atoms in total. The molecular formula is C22H38O3S. The summed E-state index contributed by atoms with van der Waals surface area (Å²) in [6.45, 7) is 5.11. The van der Waals surface area contributed by atoms with Crippen molar-refractivity contribution in [1.82, 2.24) is 0 Å². The lowest BCUT2D eigenvalue weighted by Gasteiger charge is -2.08. The van der Waals surface area contributed by atoms with E-state index in [0.29, 0.717) is 11.5 Å². The Morgan fingerprint density at radius 1 is 0.692 bits per heavy atom. The molecule has 1 atom stereocenters. The number of benzene rings is 1. The fraction of sp³-hybridized carbons (Fsp3) is 0.727. The van der Waals surface area contributed by atoms with Gasteiger partial charge in [0.25, 0.3) is 0 Å². The zero-order chi connectivity index (χ0) is 18.9. The van der Waals surface area contributed by atoms with Crippen LogP contribution in [0.5, 0.6) is 11.5 Å². The smallest absolute Gasteiger partial charge is 0.206 e. The predicted octanol–water partition coefficient (Wildman–Crippen LogP) is 6.83. The highest BCUT2D eigenvalue weighted by Gasteiger charge is 2.03. The minimum absolute atomic E-state index is 0.591. The van der Waals surface area contributed by atoms with Crippen molar-refractivity contribution in [3.63, 3.8) is 0 Å². The maximum absolute atomic E-state index is 11.7. The molecular weight excluding hydrogens is 344 g/mol. The van der Waals surface area contributed by atoms with Crippen molar-refractivity contribution < 1.29 is 13.1 Å². The molecule has 1 aromatic rings. The third kappa shape index (κ3) is 12.3. The Hall–Kier alpha value is -1.03. The minimum Gasteiger partial charge on any atom is -0.494 e. The zero-order valence-corrected chi connectivity index (χ0v) is 17.7. The standard InChI is InChI=1S/C22H38O3S/c1-3-5-7-8-9-10-11-12-13-14-19-24-21-15-17-22(18-16-21)25-26(23)20-6-4-2/h15-18H,3-14,19-20H2,1-2H3. The number of hydrogen-bond acceptors (Lipinski definition) is 3. The maximum atomic E-state index is 11.7. The molecule has 0 aromatic heterocycles. The van der Waals surface area contributed by atoms with E-state index in [2.05, 4.69) is 13.8 Å². The van der Waals surface area contributed by atoms with Crippen LogP contribution in [-0.2, 0) is 11.1 Å². The Labute approximate surface area is 163 Å². The van der Waals surface area contributed by atoms with Gasteiger partial charge in [0.1, 0.15) is 11.5 Å². The van der Waals surface area contributed by atoms with Crippen LogP contribution in [0.4, 0.5) is 0 Å². The van der Waals surface area contributed by atoms with Crippen LogP contribution in [-0.4, -0.2) is 16.6 Å². The van der Waals surface area contributed by atoms with Crippen molar-refractivity contribution in [1.29, 1.82) is 0 Å². The second-order valence-electron chi connectivity index (χ2n) is 6.95. The average molecular weight is 383 g/mol. The van der Waals surface area contributed by atoms with Crippen LogP contribution in [0.25, 0.3) is 0 Å². The summed E-state index contributed by atoms with van der Waals surface area (Å²) in [6.07, 6.45) is 15.3. The molecule has 0 saturated carbocycles. The van der Waals surface area contributed by atoms with Gasteiger partial charge in [-0.2, -0.15) is 0 Å². The third-order valence-corrected chi connectivity index (χ3v) is 5.44. The summed E-state index contributed by atoms with van der Waals surface area (Å²) < 4.78 is 22.9. The number of rotatable bonds is 17. The molecule has 1 rings (SSSR count). The van der Waals surface area contributed by atoms with Crippen molar-refractivity contribution >= 4 is 11.1 Å². The van der Waals surface area contributed by atoms with Gasteiger partial charge in [0.05, 0.1) is 12.4 Å². The van der Waals surface area contributed by atoms with Gasteiger partial charge >= 0.3 is 0 Å². The number of hydrogen-bond donors (Lipinski definition) is 0. The van der Waals surface area contributed by atoms with Crippen molar-refractivity contribution in [2.24, 2.45) is 0 Å². The molecule has 0 radical (unpaired) electrons. The second-order valence-corrected chi connectivity index (χ2v) is 8.13. The van der Waals surface area contributed by atoms with Crippen LogP contribution < -0.4 is 8.92 Å². The predicted molar refractivity (Wildman–Crippen MR) is 112 cm³/mol. The van der Waals surface area contributed by atoms with E-state index in [4.69, 9.17) is 8.92 Å². The van der Waals surface area contributed by atoms with E-state index in [9.17, 15) is 4.21 Å². The molecule has 0 N–H and O–H groups in total. The number of ether oxygens (including phenoxy) is 1. The van der Waals surface area contributed by atoms with Gasteiger partial charge in [0.15, 0.2) is 0 Å². The lowest BCUT2D eigenvalue weighted by atomic mass is 10.1. The first-order chi connectivity index (χ1) is 12.8. The fourth-order valence-corrected chi connectivity index (χ4v) is 3.72. The molecule has 26 heavy (non-hydrogen) atoms. The van der Waals surface area contributed by atoms with Gasteiger partial charge < -0.3 is 8.92 Å². The van der Waals surface area contributed by atoms with E-state index in [1.165, 1.54) is 57.8 Å². The molecule has 0 aliphatic rings. The van der Waals surface area contributed by atoms with E-state index in [0.717, 1.165) is 31.6 Å². The Bertz CT molecular complexity index is 459. The Morgan fingerprint density at radius 3 is 1.77 bits per heavy atom. The molecule has 0 saturated heterocycles. The summed E-state index contributed by atoms with van der Waals surface area (Å²) in [5.41, 5.74) is 0. The quantitative estimate of drug-likeness (QED) is 0.277. The van der Waals surface area contributed by atoms with Crippen LogP contribution in [0.15, 0.2) is 24.3 Å². The normalized spacial score (nSPS) is 12.1. The van der Waals surface area contributed by atoms with Crippen LogP contribution in [0.1, 0.15) is 90.9 Å². The summed E-state index contributed by atoms with van der Waals surface area (Å²) >= 11 is -1.23. The molecule has 0 fully saturated rings. The van der Waals surface area contributed by atoms with Gasteiger partial charge in [-0.25, -0.2) is 4.21 Å². The molecule has 0 bridgehead atoms. The molecule has 0 spiro atoms. The van der Waals surface area contributed by atoms with Crippen LogP contribution in [0.3, 0.4) is 0 Å². The van der Waals surface area contributed by atoms with Gasteiger partial charge in [0.2, 0.25) is 11.1 Å². The molecule has 1 aromatic carbocycles. The van der Waals surface area contributed by atoms with E-state index in [-0.39, 0.29) is 0 Å². The largest absolute Gasteiger partial charge is 0.494 e. The fourth-order valence-electron chi connectivity index (χ4n) is 2.78. The highest BCUT2D eigenvalue weighted by molar-refractivity contribution is 7.80. The first-order valence-corrected chi connectivity index (χ1v) is 11.8. The highest BCUT2D eigenvalue weighted by Crippen LogP contribution is 2.19. The molecule has 0 aliphatic heterocycles. The molecule has 0 aliphatic carbocycles. The van der Waals surface area contributed by atoms with Gasteiger partial charge in [-0.1, -0.05) is 78.1 Å². The maximum Gasteiger partial charge on any atom is 0.206 e. The van der Waals surface area contributed by atoms with Gasteiger partial charge in [-0.3, -0.25) is 0 Å². The van der Waals surface area contributed by atoms with E-state index in [1.807, 2.05) is 24.3 Å². The van der Waals surface area contributed by atoms with Gasteiger partial charge in [0, 0.05) is 0 Å². The number of unbranched alkanes of at least 4 members (excludes halogenated alkanes) is 10. The summed E-state index contributed by atoms with van der Waals surface area (Å²) in [7, 11) is 0. The minimum atomic E-state index is -1.23. The highest BCUT2D eigenvalue weighted by atomic mass is 32.2. The Morgan fingerprint density at radius 2 is 1.19 bits per heavy atom. The van der Waals surface area contributed by atoms with Crippen molar-refractivity contribution in [2.45, 2.75) is 90.9 Å². The molecule has 0 heterocycles.